The predicted molar refractivity (Wildman–Crippen MR) is 59.2 cm³/mol. The molecule has 1 fully saturated rings. The van der Waals surface area contributed by atoms with Crippen molar-refractivity contribution in [1.29, 1.82) is 0 Å². The van der Waals surface area contributed by atoms with Gasteiger partial charge in [-0.05, 0) is 12.5 Å². The van der Waals surface area contributed by atoms with E-state index in [4.69, 9.17) is 11.5 Å². The van der Waals surface area contributed by atoms with E-state index in [1.807, 2.05) is 37.3 Å². The number of rotatable bonds is 1. The van der Waals surface area contributed by atoms with Crippen molar-refractivity contribution in [3.63, 3.8) is 0 Å². The van der Waals surface area contributed by atoms with Crippen molar-refractivity contribution in [3.05, 3.63) is 35.9 Å². The monoisotopic (exact) mass is 207 g/mol. The Morgan fingerprint density at radius 3 is 2.47 bits per heavy atom. The summed E-state index contributed by atoms with van der Waals surface area (Å²) in [5.41, 5.74) is 12.9. The molecule has 7 N–H and O–H groups in total. The lowest BCUT2D eigenvalue weighted by molar-refractivity contribution is 0.131. The minimum atomic E-state index is -0.662. The zero-order valence-electron chi connectivity index (χ0n) is 8.70. The van der Waals surface area contributed by atoms with Crippen LogP contribution in [0, 0.1) is 0 Å². The van der Waals surface area contributed by atoms with Gasteiger partial charge in [0.2, 0.25) is 0 Å². The van der Waals surface area contributed by atoms with Gasteiger partial charge >= 0.3 is 0 Å². The Morgan fingerprint density at radius 2 is 1.87 bits per heavy atom. The summed E-state index contributed by atoms with van der Waals surface area (Å²) in [5.74, 6) is -0.662. The van der Waals surface area contributed by atoms with Crippen LogP contribution in [0.25, 0.3) is 0 Å². The first kappa shape index (κ1) is 10.5. The van der Waals surface area contributed by atoms with Crippen LogP contribution >= 0.6 is 0 Å². The fraction of sp³-hybridized carbons (Fsp3) is 0.400. The lowest BCUT2D eigenvalue weighted by Crippen LogP contribution is -2.76. The van der Waals surface area contributed by atoms with E-state index in [9.17, 15) is 0 Å². The zero-order chi connectivity index (χ0) is 10.9. The number of hydrogen-bond donors (Lipinski definition) is 5. The molecule has 0 bridgehead atoms. The van der Waals surface area contributed by atoms with E-state index in [2.05, 4.69) is 16.0 Å². The summed E-state index contributed by atoms with van der Waals surface area (Å²) in [6.45, 7) is 1.85. The molecule has 1 saturated heterocycles. The van der Waals surface area contributed by atoms with E-state index in [1.165, 1.54) is 0 Å². The van der Waals surface area contributed by atoms with Gasteiger partial charge in [0.05, 0.1) is 6.17 Å². The minimum absolute atomic E-state index is 0.0301. The van der Waals surface area contributed by atoms with Gasteiger partial charge in [-0.2, -0.15) is 0 Å². The smallest absolute Gasteiger partial charge is 0.121 e. The molecule has 0 radical (unpaired) electrons. The van der Waals surface area contributed by atoms with E-state index in [0.29, 0.717) is 0 Å². The standard InChI is InChI=1S/C10H17N5/c1-10(12)14-8(13-9(11)15-10)7-5-3-2-4-6-7/h2-6,8-9,13-15H,11-12H2,1H3. The van der Waals surface area contributed by atoms with Crippen molar-refractivity contribution >= 4 is 0 Å². The molecule has 0 amide bonds. The molecule has 1 aliphatic heterocycles. The maximum atomic E-state index is 5.95. The molecule has 0 aliphatic carbocycles. The first-order valence-electron chi connectivity index (χ1n) is 4.98. The van der Waals surface area contributed by atoms with Gasteiger partial charge in [0, 0.05) is 0 Å². The van der Waals surface area contributed by atoms with Crippen LogP contribution < -0.4 is 27.4 Å². The summed E-state index contributed by atoms with van der Waals surface area (Å²) in [6.07, 6.45) is -0.344. The molecule has 1 aromatic carbocycles. The van der Waals surface area contributed by atoms with Gasteiger partial charge in [-0.15, -0.1) is 0 Å². The first-order chi connectivity index (χ1) is 7.07. The molecular formula is C10H17N5. The van der Waals surface area contributed by atoms with Gasteiger partial charge in [0.1, 0.15) is 12.1 Å². The van der Waals surface area contributed by atoms with Crippen LogP contribution in [0.1, 0.15) is 18.7 Å². The third-order valence-electron chi connectivity index (χ3n) is 2.38. The minimum Gasteiger partial charge on any atom is -0.303 e. The Bertz CT molecular complexity index is 324. The van der Waals surface area contributed by atoms with Gasteiger partial charge in [0.25, 0.3) is 0 Å². The molecule has 0 aromatic heterocycles. The average Bonchev–Trinajstić information content (AvgIpc) is 2.16. The Labute approximate surface area is 89.2 Å². The van der Waals surface area contributed by atoms with Crippen molar-refractivity contribution < 1.29 is 0 Å². The van der Waals surface area contributed by atoms with Crippen molar-refractivity contribution in [2.45, 2.75) is 25.2 Å². The summed E-state index contributed by atoms with van der Waals surface area (Å²) in [5, 5.41) is 9.37. The average molecular weight is 207 g/mol. The Morgan fingerprint density at radius 1 is 1.20 bits per heavy atom. The lowest BCUT2D eigenvalue weighted by atomic mass is 10.1. The molecule has 1 aliphatic rings. The van der Waals surface area contributed by atoms with E-state index in [-0.39, 0.29) is 12.5 Å². The summed E-state index contributed by atoms with van der Waals surface area (Å²) < 4.78 is 0. The third kappa shape index (κ3) is 2.53. The number of nitrogens with one attached hydrogen (secondary N) is 3. The quantitative estimate of drug-likeness (QED) is 0.422. The maximum Gasteiger partial charge on any atom is 0.121 e. The zero-order valence-corrected chi connectivity index (χ0v) is 8.70. The molecule has 3 atom stereocenters. The summed E-state index contributed by atoms with van der Waals surface area (Å²) in [7, 11) is 0. The van der Waals surface area contributed by atoms with Crippen LogP contribution in [0.15, 0.2) is 30.3 Å². The van der Waals surface area contributed by atoms with Crippen LogP contribution in [-0.2, 0) is 0 Å². The summed E-state index contributed by atoms with van der Waals surface area (Å²) >= 11 is 0. The highest BCUT2D eigenvalue weighted by molar-refractivity contribution is 5.19. The van der Waals surface area contributed by atoms with Crippen molar-refractivity contribution in [1.82, 2.24) is 16.0 Å². The highest BCUT2D eigenvalue weighted by Crippen LogP contribution is 2.14. The van der Waals surface area contributed by atoms with Crippen LogP contribution in [0.2, 0.25) is 0 Å². The Hall–Kier alpha value is -0.980. The lowest BCUT2D eigenvalue weighted by Gasteiger charge is -2.42. The molecule has 0 spiro atoms. The highest BCUT2D eigenvalue weighted by Gasteiger charge is 2.31. The molecule has 1 aromatic rings. The molecule has 3 unspecified atom stereocenters. The number of nitrogens with two attached hydrogens (primary N) is 2. The molecule has 15 heavy (non-hydrogen) atoms. The summed E-state index contributed by atoms with van der Waals surface area (Å²) in [4.78, 5) is 0. The van der Waals surface area contributed by atoms with Crippen molar-refractivity contribution in [2.24, 2.45) is 11.5 Å². The molecular weight excluding hydrogens is 190 g/mol. The van der Waals surface area contributed by atoms with Crippen LogP contribution in [0.5, 0.6) is 0 Å². The third-order valence-corrected chi connectivity index (χ3v) is 2.38. The molecule has 82 valence electrons. The predicted octanol–water partition coefficient (Wildman–Crippen LogP) is -0.658. The normalized spacial score (nSPS) is 36.5. The molecule has 2 rings (SSSR count). The second kappa shape index (κ2) is 3.88. The van der Waals surface area contributed by atoms with Crippen LogP contribution in [0.4, 0.5) is 0 Å². The van der Waals surface area contributed by atoms with E-state index in [1.54, 1.807) is 0 Å². The highest BCUT2D eigenvalue weighted by atomic mass is 15.5. The number of hydrogen-bond acceptors (Lipinski definition) is 5. The van der Waals surface area contributed by atoms with Crippen LogP contribution in [0.3, 0.4) is 0 Å². The van der Waals surface area contributed by atoms with Crippen molar-refractivity contribution in [2.75, 3.05) is 0 Å². The van der Waals surface area contributed by atoms with Gasteiger partial charge in [0.15, 0.2) is 0 Å². The first-order valence-corrected chi connectivity index (χ1v) is 4.98. The SMILES string of the molecule is CC1(N)NC(N)NC(c2ccccc2)N1. The fourth-order valence-corrected chi connectivity index (χ4v) is 1.75. The molecule has 0 saturated carbocycles. The second-order valence-corrected chi connectivity index (χ2v) is 3.98. The Kier molecular flexibility index (Phi) is 2.72. The van der Waals surface area contributed by atoms with Gasteiger partial charge in [-0.1, -0.05) is 30.3 Å². The number of benzene rings is 1. The Balaban J connectivity index is 2.17. The van der Waals surface area contributed by atoms with Gasteiger partial charge in [-0.3, -0.25) is 16.0 Å². The van der Waals surface area contributed by atoms with E-state index < -0.39 is 5.79 Å². The van der Waals surface area contributed by atoms with Crippen molar-refractivity contribution in [3.8, 4) is 0 Å². The largest absolute Gasteiger partial charge is 0.303 e. The summed E-state index contributed by atoms with van der Waals surface area (Å²) in [6, 6.07) is 10.0. The van der Waals surface area contributed by atoms with Gasteiger partial charge < -0.3 is 11.5 Å². The second-order valence-electron chi connectivity index (χ2n) is 3.98. The van der Waals surface area contributed by atoms with E-state index in [0.717, 1.165) is 5.56 Å². The van der Waals surface area contributed by atoms with E-state index >= 15 is 0 Å². The molecule has 5 heteroatoms. The van der Waals surface area contributed by atoms with Crippen LogP contribution in [-0.4, -0.2) is 12.1 Å². The molecule has 5 nitrogen and oxygen atoms in total. The fourth-order valence-electron chi connectivity index (χ4n) is 1.75. The molecule has 1 heterocycles. The topological polar surface area (TPSA) is 88.1 Å². The van der Waals surface area contributed by atoms with Gasteiger partial charge in [-0.25, -0.2) is 0 Å². The maximum absolute atomic E-state index is 5.95.